The molecule has 0 amide bonds. The summed E-state index contributed by atoms with van der Waals surface area (Å²) in [5.74, 6) is 0.792. The number of carbonyl (C=O) groups is 1. The Labute approximate surface area is 121 Å². The summed E-state index contributed by atoms with van der Waals surface area (Å²) in [5, 5.41) is 18.3. The maximum Gasteiger partial charge on any atom is 0.303 e. The monoisotopic (exact) mass is 291 g/mol. The van der Waals surface area contributed by atoms with Crippen molar-refractivity contribution in [3.8, 4) is 10.7 Å². The number of rotatable bonds is 5. The molecule has 0 aliphatic heterocycles. The van der Waals surface area contributed by atoms with Crippen LogP contribution in [0.2, 0.25) is 0 Å². The molecular formula is C14H17N3O2S. The Morgan fingerprint density at radius 2 is 2.25 bits per heavy atom. The number of hydrogen-bond donors (Lipinski definition) is 2. The standard InChI is InChI=1S/C14H17N3O2S/c18-12(19)9-14(5-1-2-6-14)8-11-15-13(17-16-11)10-4-3-7-20-10/h3-4,7H,1-2,5-6,8-9H2,(H,18,19)(H,15,16,17). The highest BCUT2D eigenvalue weighted by molar-refractivity contribution is 7.13. The van der Waals surface area contributed by atoms with Crippen LogP contribution in [0.25, 0.3) is 10.7 Å². The lowest BCUT2D eigenvalue weighted by molar-refractivity contribution is -0.139. The van der Waals surface area contributed by atoms with Gasteiger partial charge in [-0.15, -0.1) is 11.3 Å². The summed E-state index contributed by atoms with van der Waals surface area (Å²) in [7, 11) is 0. The Kier molecular flexibility index (Phi) is 3.56. The van der Waals surface area contributed by atoms with E-state index in [-0.39, 0.29) is 11.8 Å². The number of aromatic amines is 1. The van der Waals surface area contributed by atoms with E-state index in [1.54, 1.807) is 11.3 Å². The number of nitrogens with zero attached hydrogens (tertiary/aromatic N) is 2. The molecule has 1 saturated carbocycles. The van der Waals surface area contributed by atoms with E-state index < -0.39 is 5.97 Å². The number of aromatic nitrogens is 3. The Bertz CT molecular complexity index is 585. The maximum atomic E-state index is 11.1. The number of carboxylic acids is 1. The van der Waals surface area contributed by atoms with E-state index in [0.717, 1.165) is 36.4 Å². The molecule has 2 aromatic rings. The zero-order chi connectivity index (χ0) is 14.0. The van der Waals surface area contributed by atoms with Crippen LogP contribution in [0.5, 0.6) is 0 Å². The topological polar surface area (TPSA) is 78.9 Å². The number of hydrogen-bond acceptors (Lipinski definition) is 4. The molecule has 6 heteroatoms. The molecule has 1 aliphatic rings. The lowest BCUT2D eigenvalue weighted by Crippen LogP contribution is -2.24. The van der Waals surface area contributed by atoms with Crippen molar-refractivity contribution in [1.29, 1.82) is 0 Å². The summed E-state index contributed by atoms with van der Waals surface area (Å²) in [6.07, 6.45) is 5.06. The molecule has 0 atom stereocenters. The van der Waals surface area contributed by atoms with Crippen molar-refractivity contribution in [3.05, 3.63) is 23.3 Å². The molecule has 5 nitrogen and oxygen atoms in total. The third-order valence-electron chi connectivity index (χ3n) is 4.01. The van der Waals surface area contributed by atoms with Crippen molar-refractivity contribution in [2.45, 2.75) is 38.5 Å². The van der Waals surface area contributed by atoms with Crippen molar-refractivity contribution < 1.29 is 9.90 Å². The van der Waals surface area contributed by atoms with Crippen LogP contribution in [-0.2, 0) is 11.2 Å². The quantitative estimate of drug-likeness (QED) is 0.887. The average molecular weight is 291 g/mol. The highest BCUT2D eigenvalue weighted by Crippen LogP contribution is 2.43. The largest absolute Gasteiger partial charge is 0.481 e. The molecule has 106 valence electrons. The maximum absolute atomic E-state index is 11.1. The minimum absolute atomic E-state index is 0.141. The van der Waals surface area contributed by atoms with E-state index in [2.05, 4.69) is 15.2 Å². The minimum atomic E-state index is -0.718. The van der Waals surface area contributed by atoms with Gasteiger partial charge in [-0.05, 0) is 29.7 Å². The van der Waals surface area contributed by atoms with E-state index in [4.69, 9.17) is 5.11 Å². The van der Waals surface area contributed by atoms with Gasteiger partial charge in [-0.25, -0.2) is 4.98 Å². The lowest BCUT2D eigenvalue weighted by Gasteiger charge is -2.25. The predicted molar refractivity (Wildman–Crippen MR) is 76.6 cm³/mol. The van der Waals surface area contributed by atoms with Crippen LogP contribution in [-0.4, -0.2) is 26.3 Å². The normalized spacial score (nSPS) is 17.4. The van der Waals surface area contributed by atoms with Gasteiger partial charge < -0.3 is 5.11 Å². The SMILES string of the molecule is O=C(O)CC1(Cc2nc(-c3cccs3)n[nH]2)CCCC1. The molecule has 0 spiro atoms. The molecule has 1 aliphatic carbocycles. The van der Waals surface area contributed by atoms with Crippen LogP contribution >= 0.6 is 11.3 Å². The summed E-state index contributed by atoms with van der Waals surface area (Å²) < 4.78 is 0. The first-order valence-electron chi connectivity index (χ1n) is 6.84. The van der Waals surface area contributed by atoms with Crippen molar-refractivity contribution in [2.24, 2.45) is 5.41 Å². The minimum Gasteiger partial charge on any atom is -0.481 e. The molecule has 0 bridgehead atoms. The van der Waals surface area contributed by atoms with Crippen molar-refractivity contribution >= 4 is 17.3 Å². The fraction of sp³-hybridized carbons (Fsp3) is 0.500. The zero-order valence-corrected chi connectivity index (χ0v) is 11.9. The molecule has 20 heavy (non-hydrogen) atoms. The molecule has 2 N–H and O–H groups in total. The smallest absolute Gasteiger partial charge is 0.303 e. The molecule has 0 saturated heterocycles. The molecule has 2 heterocycles. The lowest BCUT2D eigenvalue weighted by atomic mass is 9.79. The first-order valence-corrected chi connectivity index (χ1v) is 7.72. The highest BCUT2D eigenvalue weighted by Gasteiger charge is 2.37. The van der Waals surface area contributed by atoms with Crippen LogP contribution in [0.4, 0.5) is 0 Å². The number of thiophene rings is 1. The Balaban J connectivity index is 1.77. The second kappa shape index (κ2) is 5.36. The third kappa shape index (κ3) is 2.75. The van der Waals surface area contributed by atoms with Crippen LogP contribution in [0, 0.1) is 5.41 Å². The van der Waals surface area contributed by atoms with Crippen molar-refractivity contribution in [2.75, 3.05) is 0 Å². The second-order valence-electron chi connectivity index (χ2n) is 5.54. The van der Waals surface area contributed by atoms with Gasteiger partial charge in [0.2, 0.25) is 0 Å². The molecular weight excluding hydrogens is 274 g/mol. The highest BCUT2D eigenvalue weighted by atomic mass is 32.1. The zero-order valence-electron chi connectivity index (χ0n) is 11.1. The van der Waals surface area contributed by atoms with Gasteiger partial charge in [-0.2, -0.15) is 5.10 Å². The van der Waals surface area contributed by atoms with E-state index in [1.165, 1.54) is 0 Å². The Morgan fingerprint density at radius 1 is 1.45 bits per heavy atom. The molecule has 2 aromatic heterocycles. The first-order chi connectivity index (χ1) is 9.67. The summed E-state index contributed by atoms with van der Waals surface area (Å²) in [6, 6.07) is 3.96. The summed E-state index contributed by atoms with van der Waals surface area (Å²) in [5.41, 5.74) is -0.141. The van der Waals surface area contributed by atoms with E-state index in [1.807, 2.05) is 17.5 Å². The van der Waals surface area contributed by atoms with E-state index >= 15 is 0 Å². The van der Waals surface area contributed by atoms with Crippen LogP contribution in [0.3, 0.4) is 0 Å². The molecule has 0 unspecified atom stereocenters. The average Bonchev–Trinajstić information content (AvgIpc) is 3.08. The van der Waals surface area contributed by atoms with Gasteiger partial charge in [0.05, 0.1) is 11.3 Å². The van der Waals surface area contributed by atoms with E-state index in [0.29, 0.717) is 12.2 Å². The van der Waals surface area contributed by atoms with Gasteiger partial charge in [0.1, 0.15) is 5.82 Å². The fourth-order valence-electron chi connectivity index (χ4n) is 3.11. The summed E-state index contributed by atoms with van der Waals surface area (Å²) >= 11 is 1.60. The second-order valence-corrected chi connectivity index (χ2v) is 6.49. The molecule has 0 aromatic carbocycles. The van der Waals surface area contributed by atoms with Gasteiger partial charge in [-0.3, -0.25) is 9.89 Å². The van der Waals surface area contributed by atoms with Crippen LogP contribution in [0.1, 0.15) is 37.9 Å². The number of H-pyrrole nitrogens is 1. The third-order valence-corrected chi connectivity index (χ3v) is 4.87. The molecule has 0 radical (unpaired) electrons. The number of aliphatic carboxylic acids is 1. The van der Waals surface area contributed by atoms with Crippen LogP contribution in [0.15, 0.2) is 17.5 Å². The van der Waals surface area contributed by atoms with Gasteiger partial charge in [0.25, 0.3) is 0 Å². The fourth-order valence-corrected chi connectivity index (χ4v) is 3.76. The Morgan fingerprint density at radius 3 is 2.90 bits per heavy atom. The molecule has 1 fully saturated rings. The van der Waals surface area contributed by atoms with Gasteiger partial charge in [-0.1, -0.05) is 18.9 Å². The number of nitrogens with one attached hydrogen (secondary N) is 1. The molecule has 3 rings (SSSR count). The predicted octanol–water partition coefficient (Wildman–Crippen LogP) is 3.11. The van der Waals surface area contributed by atoms with Crippen LogP contribution < -0.4 is 0 Å². The van der Waals surface area contributed by atoms with Gasteiger partial charge >= 0.3 is 5.97 Å². The first kappa shape index (κ1) is 13.3. The van der Waals surface area contributed by atoms with Crippen molar-refractivity contribution in [3.63, 3.8) is 0 Å². The summed E-state index contributed by atoms with van der Waals surface area (Å²) in [6.45, 7) is 0. The van der Waals surface area contributed by atoms with Gasteiger partial charge in [0.15, 0.2) is 5.82 Å². The van der Waals surface area contributed by atoms with E-state index in [9.17, 15) is 4.79 Å². The van der Waals surface area contributed by atoms with Crippen molar-refractivity contribution in [1.82, 2.24) is 15.2 Å². The summed E-state index contributed by atoms with van der Waals surface area (Å²) in [4.78, 5) is 16.7. The number of carboxylic acid groups (broad SMARTS) is 1. The van der Waals surface area contributed by atoms with Gasteiger partial charge in [0, 0.05) is 6.42 Å². The Hall–Kier alpha value is -1.69.